The molecule has 2 aromatic rings. The van der Waals surface area contributed by atoms with Gasteiger partial charge in [0.15, 0.2) is 0 Å². The van der Waals surface area contributed by atoms with Crippen molar-refractivity contribution in [3.63, 3.8) is 0 Å². The molecular weight excluding hydrogens is 456 g/mol. The third-order valence-electron chi connectivity index (χ3n) is 7.75. The van der Waals surface area contributed by atoms with Crippen LogP contribution in [0.1, 0.15) is 52.4 Å². The van der Waals surface area contributed by atoms with Crippen LogP contribution >= 0.6 is 0 Å². The van der Waals surface area contributed by atoms with Gasteiger partial charge in [-0.3, -0.25) is 19.0 Å². The predicted molar refractivity (Wildman–Crippen MR) is 139 cm³/mol. The molecule has 3 aliphatic rings. The highest BCUT2D eigenvalue weighted by molar-refractivity contribution is 5.82. The van der Waals surface area contributed by atoms with E-state index in [2.05, 4.69) is 13.8 Å². The van der Waals surface area contributed by atoms with Crippen LogP contribution in [0.15, 0.2) is 39.4 Å². The maximum Gasteiger partial charge on any atom is 0.335 e. The summed E-state index contributed by atoms with van der Waals surface area (Å²) in [4.78, 5) is 55.7. The lowest BCUT2D eigenvalue weighted by molar-refractivity contribution is -0.143. The van der Waals surface area contributed by atoms with Gasteiger partial charge < -0.3 is 9.80 Å². The summed E-state index contributed by atoms with van der Waals surface area (Å²) in [6, 6.07) is 7.28. The monoisotopic (exact) mass is 492 g/mol. The second-order valence-electron chi connectivity index (χ2n) is 11.0. The van der Waals surface area contributed by atoms with Crippen LogP contribution in [0.5, 0.6) is 0 Å². The summed E-state index contributed by atoms with van der Waals surface area (Å²) in [5.74, 6) is 0.875. The normalized spacial score (nSPS) is 20.8. The molecule has 1 aromatic carbocycles. The molecule has 0 unspecified atom stereocenters. The third kappa shape index (κ3) is 4.90. The van der Waals surface area contributed by atoms with Crippen LogP contribution in [0.25, 0.3) is 17.1 Å². The number of para-hydroxylation sites is 1. The van der Waals surface area contributed by atoms with Crippen LogP contribution in [0, 0.1) is 17.8 Å². The van der Waals surface area contributed by atoms with E-state index in [0.29, 0.717) is 69.3 Å². The van der Waals surface area contributed by atoms with Gasteiger partial charge in [-0.2, -0.15) is 0 Å². The highest BCUT2D eigenvalue weighted by Crippen LogP contribution is 2.32. The molecule has 2 amide bonds. The lowest BCUT2D eigenvalue weighted by Crippen LogP contribution is -2.52. The van der Waals surface area contributed by atoms with E-state index >= 15 is 0 Å². The SMILES string of the molecule is CC(C)Cn1c(=O)n(C=C2CCC(C(=O)N3CCN(C(=O)C4CC4)CC3)CC2)c(=O)c2ccccc21. The van der Waals surface area contributed by atoms with Crippen LogP contribution < -0.4 is 11.2 Å². The first-order valence-corrected chi connectivity index (χ1v) is 13.3. The van der Waals surface area contributed by atoms with Gasteiger partial charge in [0.2, 0.25) is 11.8 Å². The van der Waals surface area contributed by atoms with E-state index in [0.717, 1.165) is 18.4 Å². The van der Waals surface area contributed by atoms with E-state index in [1.165, 1.54) is 4.57 Å². The van der Waals surface area contributed by atoms with Crippen LogP contribution in [0.3, 0.4) is 0 Å². The van der Waals surface area contributed by atoms with E-state index in [9.17, 15) is 19.2 Å². The average molecular weight is 493 g/mol. The first kappa shape index (κ1) is 24.5. The molecule has 5 rings (SSSR count). The van der Waals surface area contributed by atoms with Crippen molar-refractivity contribution in [3.05, 3.63) is 50.7 Å². The fourth-order valence-electron chi connectivity index (χ4n) is 5.54. The van der Waals surface area contributed by atoms with Crippen molar-refractivity contribution < 1.29 is 9.59 Å². The van der Waals surface area contributed by atoms with Gasteiger partial charge >= 0.3 is 5.69 Å². The maximum absolute atomic E-state index is 13.3. The summed E-state index contributed by atoms with van der Waals surface area (Å²) >= 11 is 0. The first-order valence-electron chi connectivity index (χ1n) is 13.3. The van der Waals surface area contributed by atoms with Crippen molar-refractivity contribution in [2.45, 2.75) is 58.9 Å². The molecule has 0 spiro atoms. The zero-order chi connectivity index (χ0) is 25.4. The second-order valence-corrected chi connectivity index (χ2v) is 11.0. The number of fused-ring (bicyclic) bond motifs is 1. The molecule has 1 aliphatic heterocycles. The number of hydrogen-bond donors (Lipinski definition) is 0. The van der Waals surface area contributed by atoms with E-state index in [-0.39, 0.29) is 40.8 Å². The van der Waals surface area contributed by atoms with Crippen LogP contribution in [-0.2, 0) is 16.1 Å². The Kier molecular flexibility index (Phi) is 6.86. The number of allylic oxidation sites excluding steroid dienone is 1. The van der Waals surface area contributed by atoms with Gasteiger partial charge in [0.1, 0.15) is 0 Å². The van der Waals surface area contributed by atoms with E-state index in [1.807, 2.05) is 28.0 Å². The van der Waals surface area contributed by atoms with Crippen molar-refractivity contribution in [1.29, 1.82) is 0 Å². The first-order chi connectivity index (χ1) is 17.3. The minimum Gasteiger partial charge on any atom is -0.339 e. The predicted octanol–water partition coefficient (Wildman–Crippen LogP) is 2.93. The Hall–Kier alpha value is -3.16. The smallest absolute Gasteiger partial charge is 0.335 e. The molecule has 3 fully saturated rings. The molecular formula is C28H36N4O4. The average Bonchev–Trinajstić information content (AvgIpc) is 3.74. The molecule has 2 saturated carbocycles. The molecule has 2 aliphatic carbocycles. The number of carbonyl (C=O) groups is 2. The number of amides is 2. The number of rotatable bonds is 5. The lowest BCUT2D eigenvalue weighted by Gasteiger charge is -2.37. The van der Waals surface area contributed by atoms with Gasteiger partial charge in [0.25, 0.3) is 5.56 Å². The molecule has 2 heterocycles. The summed E-state index contributed by atoms with van der Waals surface area (Å²) in [6.45, 7) is 7.13. The summed E-state index contributed by atoms with van der Waals surface area (Å²) in [5, 5.41) is 0.540. The number of benzene rings is 1. The highest BCUT2D eigenvalue weighted by Gasteiger charge is 2.36. The van der Waals surface area contributed by atoms with Crippen molar-refractivity contribution in [1.82, 2.24) is 18.9 Å². The minimum atomic E-state index is -0.309. The molecule has 8 nitrogen and oxygen atoms in total. The third-order valence-corrected chi connectivity index (χ3v) is 7.75. The number of nitrogens with zero attached hydrogens (tertiary/aromatic N) is 4. The van der Waals surface area contributed by atoms with E-state index in [1.54, 1.807) is 16.8 Å². The lowest BCUT2D eigenvalue weighted by atomic mass is 9.85. The summed E-state index contributed by atoms with van der Waals surface area (Å²) in [5.41, 5.74) is 1.10. The highest BCUT2D eigenvalue weighted by atomic mass is 16.2. The second kappa shape index (κ2) is 10.1. The Labute approximate surface area is 211 Å². The standard InChI is InChI=1S/C28H36N4O4/c1-19(2)17-31-24-6-4-3-5-23(24)27(35)32(28(31)36)18-20-7-9-21(10-8-20)25(33)29-13-15-30(16-14-29)26(34)22-11-12-22/h3-6,18-19,21-22H,7-17H2,1-2H3. The van der Waals surface area contributed by atoms with Gasteiger partial charge in [-0.1, -0.05) is 31.6 Å². The van der Waals surface area contributed by atoms with Gasteiger partial charge in [-0.05, 0) is 56.6 Å². The van der Waals surface area contributed by atoms with Gasteiger partial charge in [-0.15, -0.1) is 0 Å². The number of carbonyl (C=O) groups excluding carboxylic acids is 2. The molecule has 0 N–H and O–H groups in total. The number of aromatic nitrogens is 2. The Morgan fingerprint density at radius 3 is 2.00 bits per heavy atom. The zero-order valence-electron chi connectivity index (χ0n) is 21.3. The molecule has 0 atom stereocenters. The maximum atomic E-state index is 13.3. The molecule has 0 radical (unpaired) electrons. The zero-order valence-corrected chi connectivity index (χ0v) is 21.3. The minimum absolute atomic E-state index is 0.0428. The molecule has 1 aromatic heterocycles. The van der Waals surface area contributed by atoms with Crippen molar-refractivity contribution in [2.24, 2.45) is 17.8 Å². The van der Waals surface area contributed by atoms with E-state index < -0.39 is 0 Å². The van der Waals surface area contributed by atoms with Crippen LogP contribution in [-0.4, -0.2) is 56.9 Å². The molecule has 36 heavy (non-hydrogen) atoms. The Morgan fingerprint density at radius 2 is 1.44 bits per heavy atom. The summed E-state index contributed by atoms with van der Waals surface area (Å²) in [6.07, 6.45) is 6.55. The van der Waals surface area contributed by atoms with E-state index in [4.69, 9.17) is 0 Å². The summed E-state index contributed by atoms with van der Waals surface area (Å²) in [7, 11) is 0. The Bertz CT molecular complexity index is 1300. The van der Waals surface area contributed by atoms with Crippen molar-refractivity contribution >= 4 is 28.9 Å². The van der Waals surface area contributed by atoms with Crippen molar-refractivity contribution in [3.8, 4) is 0 Å². The molecule has 0 bridgehead atoms. The van der Waals surface area contributed by atoms with Crippen molar-refractivity contribution in [2.75, 3.05) is 26.2 Å². The van der Waals surface area contributed by atoms with Crippen LogP contribution in [0.4, 0.5) is 0 Å². The van der Waals surface area contributed by atoms with Gasteiger partial charge in [-0.25, -0.2) is 9.36 Å². The Balaban J connectivity index is 1.27. The molecule has 1 saturated heterocycles. The van der Waals surface area contributed by atoms with Gasteiger partial charge in [0, 0.05) is 50.8 Å². The van der Waals surface area contributed by atoms with Gasteiger partial charge in [0.05, 0.1) is 10.9 Å². The van der Waals surface area contributed by atoms with Crippen LogP contribution in [0.2, 0.25) is 0 Å². The topological polar surface area (TPSA) is 84.6 Å². The summed E-state index contributed by atoms with van der Waals surface area (Å²) < 4.78 is 2.96. The number of piperazine rings is 1. The molecule has 192 valence electrons. The fourth-order valence-corrected chi connectivity index (χ4v) is 5.54. The largest absolute Gasteiger partial charge is 0.339 e. The molecule has 8 heteroatoms. The quantitative estimate of drug-likeness (QED) is 0.643. The Morgan fingerprint density at radius 1 is 0.889 bits per heavy atom. The number of hydrogen-bond acceptors (Lipinski definition) is 4. The fraction of sp³-hybridized carbons (Fsp3) is 0.571.